The summed E-state index contributed by atoms with van der Waals surface area (Å²) in [6.45, 7) is 6.76. The number of hydrogen-bond acceptors (Lipinski definition) is 9. The quantitative estimate of drug-likeness (QED) is 0.357. The van der Waals surface area contributed by atoms with E-state index in [0.717, 1.165) is 29.1 Å². The summed E-state index contributed by atoms with van der Waals surface area (Å²) in [6, 6.07) is 13.2. The van der Waals surface area contributed by atoms with Crippen molar-refractivity contribution < 1.29 is 13.9 Å². The van der Waals surface area contributed by atoms with Crippen LogP contribution in [0.4, 0.5) is 0 Å². The van der Waals surface area contributed by atoms with Crippen molar-refractivity contribution in [2.45, 2.75) is 51.6 Å². The SMILES string of the molecule is CCOc1cc(C(=O)N2CCCC2c2nc(C)cs2)cc(-c2nnc(C(C)(N)Cc3ccccc3)o2)n1. The number of nitrogens with zero attached hydrogens (tertiary/aromatic N) is 5. The summed E-state index contributed by atoms with van der Waals surface area (Å²) in [4.78, 5) is 24.7. The van der Waals surface area contributed by atoms with Gasteiger partial charge in [0.2, 0.25) is 11.8 Å². The van der Waals surface area contributed by atoms with E-state index in [1.165, 1.54) is 0 Å². The molecule has 0 radical (unpaired) electrons. The zero-order chi connectivity index (χ0) is 26.0. The summed E-state index contributed by atoms with van der Waals surface area (Å²) in [5.74, 6) is 0.696. The van der Waals surface area contributed by atoms with E-state index in [1.54, 1.807) is 23.5 Å². The van der Waals surface area contributed by atoms with Gasteiger partial charge in [0.25, 0.3) is 11.8 Å². The lowest BCUT2D eigenvalue weighted by Crippen LogP contribution is -2.35. The van der Waals surface area contributed by atoms with E-state index in [9.17, 15) is 4.79 Å². The van der Waals surface area contributed by atoms with Crippen molar-refractivity contribution in [3.63, 3.8) is 0 Å². The molecule has 1 amide bonds. The lowest BCUT2D eigenvalue weighted by Gasteiger charge is -2.23. The highest BCUT2D eigenvalue weighted by atomic mass is 32.1. The lowest BCUT2D eigenvalue weighted by atomic mass is 9.94. The molecule has 2 unspecified atom stereocenters. The van der Waals surface area contributed by atoms with Crippen molar-refractivity contribution in [2.24, 2.45) is 5.73 Å². The molecule has 1 fully saturated rings. The molecule has 0 spiro atoms. The predicted octanol–water partition coefficient (Wildman–Crippen LogP) is 4.69. The first kappa shape index (κ1) is 25.0. The Labute approximate surface area is 219 Å². The van der Waals surface area contributed by atoms with Gasteiger partial charge >= 0.3 is 0 Å². The third-order valence-corrected chi connectivity index (χ3v) is 7.39. The second kappa shape index (κ2) is 10.4. The van der Waals surface area contributed by atoms with E-state index in [1.807, 2.05) is 61.4 Å². The summed E-state index contributed by atoms with van der Waals surface area (Å²) in [6.07, 6.45) is 2.34. The third kappa shape index (κ3) is 5.40. The fraction of sp³-hybridized carbons (Fsp3) is 0.370. The molecule has 0 saturated carbocycles. The molecular formula is C27H30N6O3S. The number of aryl methyl sites for hydroxylation is 1. The topological polar surface area (TPSA) is 120 Å². The van der Waals surface area contributed by atoms with Crippen molar-refractivity contribution in [3.05, 3.63) is 75.6 Å². The van der Waals surface area contributed by atoms with E-state index in [4.69, 9.17) is 14.9 Å². The van der Waals surface area contributed by atoms with Gasteiger partial charge in [-0.1, -0.05) is 30.3 Å². The molecular weight excluding hydrogens is 488 g/mol. The Morgan fingerprint density at radius 3 is 2.78 bits per heavy atom. The Bertz CT molecular complexity index is 1380. The first-order valence-electron chi connectivity index (χ1n) is 12.4. The van der Waals surface area contributed by atoms with E-state index in [-0.39, 0.29) is 17.8 Å². The van der Waals surface area contributed by atoms with Crippen LogP contribution in [0.25, 0.3) is 11.6 Å². The summed E-state index contributed by atoms with van der Waals surface area (Å²) >= 11 is 1.59. The Kier molecular flexibility index (Phi) is 7.03. The molecule has 2 atom stereocenters. The second-order valence-corrected chi connectivity index (χ2v) is 10.4. The number of pyridine rings is 1. The summed E-state index contributed by atoms with van der Waals surface area (Å²) in [7, 11) is 0. The standard InChI is InChI=1S/C27H30N6O3S/c1-4-35-22-14-19(25(34)33-12-8-11-21(33)24-29-17(2)16-37-24)13-20(30-22)23-31-32-26(36-23)27(3,28)15-18-9-6-5-7-10-18/h5-7,9-10,13-14,16,21H,4,8,11-12,15,28H2,1-3H3. The summed E-state index contributed by atoms with van der Waals surface area (Å²) < 4.78 is 11.7. The first-order valence-corrected chi connectivity index (χ1v) is 13.3. The molecule has 1 aliphatic heterocycles. The van der Waals surface area contributed by atoms with Crippen LogP contribution < -0.4 is 10.5 Å². The highest BCUT2D eigenvalue weighted by molar-refractivity contribution is 7.09. The molecule has 5 rings (SSSR count). The Hall–Kier alpha value is -3.63. The van der Waals surface area contributed by atoms with Crippen molar-refractivity contribution >= 4 is 17.2 Å². The number of aromatic nitrogens is 4. The fourth-order valence-electron chi connectivity index (χ4n) is 4.57. The zero-order valence-corrected chi connectivity index (χ0v) is 22.0. The zero-order valence-electron chi connectivity index (χ0n) is 21.2. The van der Waals surface area contributed by atoms with E-state index in [0.29, 0.717) is 42.6 Å². The molecule has 0 bridgehead atoms. The second-order valence-electron chi connectivity index (χ2n) is 9.49. The predicted molar refractivity (Wildman–Crippen MR) is 140 cm³/mol. The van der Waals surface area contributed by atoms with Crippen LogP contribution in [0, 0.1) is 6.92 Å². The van der Waals surface area contributed by atoms with Crippen LogP contribution in [-0.2, 0) is 12.0 Å². The first-order chi connectivity index (χ1) is 17.8. The average Bonchev–Trinajstić information content (AvgIpc) is 3.65. The van der Waals surface area contributed by atoms with Crippen molar-refractivity contribution in [1.29, 1.82) is 0 Å². The van der Waals surface area contributed by atoms with Crippen LogP contribution in [0.3, 0.4) is 0 Å². The van der Waals surface area contributed by atoms with Crippen LogP contribution in [-0.4, -0.2) is 44.1 Å². The van der Waals surface area contributed by atoms with Crippen LogP contribution in [0.1, 0.15) is 65.2 Å². The molecule has 9 nitrogen and oxygen atoms in total. The van der Waals surface area contributed by atoms with Gasteiger partial charge in [0.1, 0.15) is 10.7 Å². The van der Waals surface area contributed by atoms with Gasteiger partial charge in [0, 0.05) is 29.2 Å². The normalized spacial score (nSPS) is 17.1. The number of thiazole rings is 1. The summed E-state index contributed by atoms with van der Waals surface area (Å²) in [5, 5.41) is 11.4. The average molecular weight is 519 g/mol. The molecule has 4 aromatic rings. The molecule has 1 aromatic carbocycles. The number of carbonyl (C=O) groups is 1. The molecule has 0 aliphatic carbocycles. The van der Waals surface area contributed by atoms with E-state index < -0.39 is 5.54 Å². The number of carbonyl (C=O) groups excluding carboxylic acids is 1. The van der Waals surface area contributed by atoms with E-state index in [2.05, 4.69) is 20.2 Å². The number of rotatable bonds is 8. The Balaban J connectivity index is 1.44. The minimum Gasteiger partial charge on any atom is -0.478 e. The minimum atomic E-state index is -0.878. The fourth-order valence-corrected chi connectivity index (χ4v) is 5.51. The smallest absolute Gasteiger partial charge is 0.266 e. The van der Waals surface area contributed by atoms with Gasteiger partial charge in [-0.25, -0.2) is 9.97 Å². The monoisotopic (exact) mass is 518 g/mol. The lowest BCUT2D eigenvalue weighted by molar-refractivity contribution is 0.0734. The number of benzene rings is 1. The molecule has 2 N–H and O–H groups in total. The summed E-state index contributed by atoms with van der Waals surface area (Å²) in [5.41, 5.74) is 8.53. The highest BCUT2D eigenvalue weighted by Crippen LogP contribution is 2.35. The van der Waals surface area contributed by atoms with Crippen LogP contribution in [0.2, 0.25) is 0 Å². The van der Waals surface area contributed by atoms with Crippen LogP contribution >= 0.6 is 11.3 Å². The van der Waals surface area contributed by atoms with Gasteiger partial charge in [-0.3, -0.25) is 4.79 Å². The molecule has 1 saturated heterocycles. The number of nitrogens with two attached hydrogens (primary N) is 1. The van der Waals surface area contributed by atoms with Crippen LogP contribution in [0.5, 0.6) is 5.88 Å². The molecule has 10 heteroatoms. The van der Waals surface area contributed by atoms with Gasteiger partial charge in [-0.05, 0) is 51.7 Å². The molecule has 37 heavy (non-hydrogen) atoms. The molecule has 192 valence electrons. The number of amides is 1. The van der Waals surface area contributed by atoms with Gasteiger partial charge in [0.05, 0.1) is 18.2 Å². The van der Waals surface area contributed by atoms with Gasteiger partial charge in [-0.2, -0.15) is 0 Å². The molecule has 3 aromatic heterocycles. The minimum absolute atomic E-state index is 0.0377. The molecule has 4 heterocycles. The van der Waals surface area contributed by atoms with E-state index >= 15 is 0 Å². The van der Waals surface area contributed by atoms with Crippen molar-refractivity contribution in [3.8, 4) is 17.5 Å². The van der Waals surface area contributed by atoms with Crippen LogP contribution in [0.15, 0.2) is 52.3 Å². The largest absolute Gasteiger partial charge is 0.478 e. The number of likely N-dealkylation sites (tertiary alicyclic amines) is 1. The third-order valence-electron chi connectivity index (χ3n) is 6.32. The van der Waals surface area contributed by atoms with Gasteiger partial charge < -0.3 is 19.8 Å². The Morgan fingerprint density at radius 2 is 2.05 bits per heavy atom. The maximum absolute atomic E-state index is 13.7. The van der Waals surface area contributed by atoms with Gasteiger partial charge in [0.15, 0.2) is 0 Å². The molecule has 1 aliphatic rings. The highest BCUT2D eigenvalue weighted by Gasteiger charge is 2.34. The number of hydrogen-bond donors (Lipinski definition) is 1. The maximum atomic E-state index is 13.7. The van der Waals surface area contributed by atoms with Gasteiger partial charge in [-0.15, -0.1) is 21.5 Å². The Morgan fingerprint density at radius 1 is 1.24 bits per heavy atom. The maximum Gasteiger partial charge on any atom is 0.266 e. The number of ether oxygens (including phenoxy) is 1. The van der Waals surface area contributed by atoms with Crippen molar-refractivity contribution in [1.82, 2.24) is 25.1 Å². The van der Waals surface area contributed by atoms with Crippen molar-refractivity contribution in [2.75, 3.05) is 13.2 Å².